The number of ether oxygens (including phenoxy) is 1. The van der Waals surface area contributed by atoms with Gasteiger partial charge in [-0.05, 0) is 62.5 Å². The molecule has 3 aromatic rings. The molecule has 2 aromatic heterocycles. The van der Waals surface area contributed by atoms with Crippen molar-refractivity contribution in [2.45, 2.75) is 28.9 Å². The topological polar surface area (TPSA) is 123 Å². The van der Waals surface area contributed by atoms with E-state index in [9.17, 15) is 4.79 Å². The summed E-state index contributed by atoms with van der Waals surface area (Å²) in [6, 6.07) is 11.2. The number of nitrogens with two attached hydrogens (primary N) is 2. The van der Waals surface area contributed by atoms with Gasteiger partial charge in [0.1, 0.15) is 12.4 Å². The van der Waals surface area contributed by atoms with E-state index in [1.165, 1.54) is 11.8 Å². The molecular weight excluding hydrogens is 438 g/mol. The van der Waals surface area contributed by atoms with Crippen LogP contribution in [0.5, 0.6) is 5.88 Å². The minimum absolute atomic E-state index is 0.303. The first kappa shape index (κ1) is 22.8. The van der Waals surface area contributed by atoms with E-state index in [1.807, 2.05) is 18.2 Å². The fraction of sp³-hybridized carbons (Fsp3) is 0.304. The van der Waals surface area contributed by atoms with Crippen LogP contribution in [0.1, 0.15) is 22.3 Å². The number of amides is 1. The highest BCUT2D eigenvalue weighted by molar-refractivity contribution is 7.99. The third-order valence-corrected chi connectivity index (χ3v) is 6.48. The maximum Gasteiger partial charge on any atom is 0.248 e. The minimum atomic E-state index is -0.457. The number of aromatic nitrogens is 3. The maximum absolute atomic E-state index is 11.4. The van der Waals surface area contributed by atoms with Crippen LogP contribution < -0.4 is 21.1 Å². The third-order valence-electron chi connectivity index (χ3n) is 5.47. The molecule has 4 N–H and O–H groups in total. The molecule has 3 heterocycles. The van der Waals surface area contributed by atoms with Crippen molar-refractivity contribution in [2.24, 2.45) is 5.73 Å². The van der Waals surface area contributed by atoms with Gasteiger partial charge in [-0.15, -0.1) is 0 Å². The van der Waals surface area contributed by atoms with E-state index in [1.54, 1.807) is 30.6 Å². The molecule has 10 heteroatoms. The van der Waals surface area contributed by atoms with E-state index in [4.69, 9.17) is 21.2 Å². The normalized spacial score (nSPS) is 15.7. The van der Waals surface area contributed by atoms with Crippen molar-refractivity contribution in [3.05, 3.63) is 59.9 Å². The Labute approximate surface area is 197 Å². The van der Waals surface area contributed by atoms with Crippen LogP contribution in [0.3, 0.4) is 0 Å². The molecule has 4 rings (SSSR count). The summed E-state index contributed by atoms with van der Waals surface area (Å²) < 4.78 is 6.12. The number of likely N-dealkylation sites (N-methyl/N-ethyl adjacent to an activating group) is 1. The summed E-state index contributed by atoms with van der Waals surface area (Å²) in [6.45, 7) is 2.07. The van der Waals surface area contributed by atoms with Crippen molar-refractivity contribution >= 4 is 29.4 Å². The zero-order valence-corrected chi connectivity index (χ0v) is 19.5. The van der Waals surface area contributed by atoms with Gasteiger partial charge >= 0.3 is 0 Å². The van der Waals surface area contributed by atoms with E-state index in [2.05, 4.69) is 33.9 Å². The van der Waals surface area contributed by atoms with Gasteiger partial charge in [0.2, 0.25) is 17.7 Å². The molecule has 0 radical (unpaired) electrons. The fourth-order valence-electron chi connectivity index (χ4n) is 3.57. The summed E-state index contributed by atoms with van der Waals surface area (Å²) in [5, 5.41) is 0. The number of rotatable bonds is 8. The molecular formula is C23H27N7O2S. The van der Waals surface area contributed by atoms with Gasteiger partial charge in [-0.3, -0.25) is 4.79 Å². The van der Waals surface area contributed by atoms with E-state index in [-0.39, 0.29) is 0 Å². The molecule has 9 nitrogen and oxygen atoms in total. The molecule has 0 saturated carbocycles. The van der Waals surface area contributed by atoms with Crippen LogP contribution in [0.15, 0.2) is 58.6 Å². The smallest absolute Gasteiger partial charge is 0.248 e. The number of hydrogen-bond donors (Lipinski definition) is 2. The molecule has 1 amide bonds. The van der Waals surface area contributed by atoms with Gasteiger partial charge in [0.15, 0.2) is 0 Å². The first-order valence-electron chi connectivity index (χ1n) is 10.6. The Morgan fingerprint density at radius 2 is 2.03 bits per heavy atom. The SMILES string of the molecule is CN(C)C1CCN(c2ncc(Sc3ccc(C(N)=O)cc3)c(OCc3ccnc(N)c3)n2)C1. The van der Waals surface area contributed by atoms with E-state index in [0.717, 1.165) is 34.9 Å². The van der Waals surface area contributed by atoms with Gasteiger partial charge in [-0.1, -0.05) is 11.8 Å². The van der Waals surface area contributed by atoms with Crippen molar-refractivity contribution in [1.29, 1.82) is 0 Å². The Bertz CT molecular complexity index is 1120. The van der Waals surface area contributed by atoms with Crippen LogP contribution in [0.2, 0.25) is 0 Å². The lowest BCUT2D eigenvalue weighted by Crippen LogP contribution is -2.32. The van der Waals surface area contributed by atoms with Crippen molar-refractivity contribution in [3.8, 4) is 5.88 Å². The van der Waals surface area contributed by atoms with Gasteiger partial charge in [-0.2, -0.15) is 4.98 Å². The Balaban J connectivity index is 1.58. The number of carbonyl (C=O) groups excluding carboxylic acids is 1. The number of benzene rings is 1. The molecule has 1 saturated heterocycles. The standard InChI is InChI=1S/C23H27N7O2S/c1-29(2)17-8-10-30(13-17)23-27-12-19(33-18-5-3-16(4-6-18)21(25)31)22(28-23)32-14-15-7-9-26-20(24)11-15/h3-7,9,11-12,17H,8,10,13-14H2,1-2H3,(H2,24,26)(H2,25,31). The summed E-state index contributed by atoms with van der Waals surface area (Å²) >= 11 is 1.46. The van der Waals surface area contributed by atoms with E-state index < -0.39 is 5.91 Å². The van der Waals surface area contributed by atoms with Crippen molar-refractivity contribution < 1.29 is 9.53 Å². The van der Waals surface area contributed by atoms with Gasteiger partial charge in [0, 0.05) is 35.8 Å². The van der Waals surface area contributed by atoms with E-state index >= 15 is 0 Å². The van der Waals surface area contributed by atoms with Crippen molar-refractivity contribution in [3.63, 3.8) is 0 Å². The number of primary amides is 1. The largest absolute Gasteiger partial charge is 0.472 e. The minimum Gasteiger partial charge on any atom is -0.472 e. The second kappa shape index (κ2) is 10.1. The van der Waals surface area contributed by atoms with Crippen molar-refractivity contribution in [2.75, 3.05) is 37.8 Å². The average Bonchev–Trinajstić information content (AvgIpc) is 3.30. The van der Waals surface area contributed by atoms with Crippen LogP contribution >= 0.6 is 11.8 Å². The number of nitrogen functional groups attached to an aromatic ring is 1. The summed E-state index contributed by atoms with van der Waals surface area (Å²) in [5.74, 6) is 1.13. The number of carbonyl (C=O) groups is 1. The first-order valence-corrected chi connectivity index (χ1v) is 11.4. The molecule has 33 heavy (non-hydrogen) atoms. The zero-order chi connectivity index (χ0) is 23.4. The lowest BCUT2D eigenvalue weighted by atomic mass is 10.2. The Kier molecular flexibility index (Phi) is 6.95. The summed E-state index contributed by atoms with van der Waals surface area (Å²) in [4.78, 5) is 30.9. The number of hydrogen-bond acceptors (Lipinski definition) is 9. The highest BCUT2D eigenvalue weighted by atomic mass is 32.2. The molecule has 1 atom stereocenters. The predicted molar refractivity (Wildman–Crippen MR) is 128 cm³/mol. The second-order valence-electron chi connectivity index (χ2n) is 8.06. The third kappa shape index (κ3) is 5.71. The van der Waals surface area contributed by atoms with Crippen LogP contribution in [0, 0.1) is 0 Å². The van der Waals surface area contributed by atoms with Crippen molar-refractivity contribution in [1.82, 2.24) is 19.9 Å². The molecule has 1 aliphatic rings. The monoisotopic (exact) mass is 465 g/mol. The molecule has 0 spiro atoms. The first-order chi connectivity index (χ1) is 15.9. The quantitative estimate of drug-likeness (QED) is 0.516. The molecule has 0 bridgehead atoms. The fourth-order valence-corrected chi connectivity index (χ4v) is 4.39. The van der Waals surface area contributed by atoms with Crippen LogP contribution in [-0.2, 0) is 6.61 Å². The summed E-state index contributed by atoms with van der Waals surface area (Å²) in [7, 11) is 4.18. The molecule has 0 aliphatic carbocycles. The molecule has 172 valence electrons. The van der Waals surface area contributed by atoms with Gasteiger partial charge in [0.05, 0.1) is 11.1 Å². The van der Waals surface area contributed by atoms with Gasteiger partial charge in [0.25, 0.3) is 0 Å². The summed E-state index contributed by atoms with van der Waals surface area (Å²) in [6.07, 6.45) is 4.50. The molecule has 1 aliphatic heterocycles. The molecule has 1 aromatic carbocycles. The lowest BCUT2D eigenvalue weighted by molar-refractivity contribution is 0.1000. The Morgan fingerprint density at radius 1 is 1.24 bits per heavy atom. The number of pyridine rings is 1. The zero-order valence-electron chi connectivity index (χ0n) is 18.6. The lowest BCUT2D eigenvalue weighted by Gasteiger charge is -2.21. The second-order valence-corrected chi connectivity index (χ2v) is 9.18. The van der Waals surface area contributed by atoms with Crippen LogP contribution in [0.4, 0.5) is 11.8 Å². The molecule has 1 fully saturated rings. The Morgan fingerprint density at radius 3 is 2.70 bits per heavy atom. The number of nitrogens with zero attached hydrogens (tertiary/aromatic N) is 5. The van der Waals surface area contributed by atoms with Gasteiger partial charge in [-0.25, -0.2) is 9.97 Å². The highest BCUT2D eigenvalue weighted by Crippen LogP contribution is 2.35. The van der Waals surface area contributed by atoms with Crippen LogP contribution in [-0.4, -0.2) is 59.0 Å². The van der Waals surface area contributed by atoms with E-state index in [0.29, 0.717) is 35.9 Å². The molecule has 1 unspecified atom stereocenters. The summed E-state index contributed by atoms with van der Waals surface area (Å²) in [5.41, 5.74) is 12.5. The average molecular weight is 466 g/mol. The predicted octanol–water partition coefficient (Wildman–Crippen LogP) is 2.42. The Hall–Kier alpha value is -3.37. The van der Waals surface area contributed by atoms with Crippen LogP contribution in [0.25, 0.3) is 0 Å². The maximum atomic E-state index is 11.4. The number of anilines is 2. The highest BCUT2D eigenvalue weighted by Gasteiger charge is 2.26. The van der Waals surface area contributed by atoms with Gasteiger partial charge < -0.3 is 26.0 Å².